The van der Waals surface area contributed by atoms with E-state index in [4.69, 9.17) is 5.11 Å². The zero-order valence-electron chi connectivity index (χ0n) is 4.75. The Hall–Kier alpha value is -0.300. The summed E-state index contributed by atoms with van der Waals surface area (Å²) < 4.78 is 0. The molecule has 0 amide bonds. The first-order chi connectivity index (χ1) is 3.88. The van der Waals surface area contributed by atoms with Crippen molar-refractivity contribution in [2.45, 2.75) is 18.9 Å². The van der Waals surface area contributed by atoms with Crippen molar-refractivity contribution in [2.75, 3.05) is 0 Å². The van der Waals surface area contributed by atoms with Gasteiger partial charge in [-0.3, -0.25) is 0 Å². The molecule has 0 aromatic carbocycles. The van der Waals surface area contributed by atoms with Crippen LogP contribution in [0.2, 0.25) is 0 Å². The number of hydrogen-bond donors (Lipinski definition) is 1. The van der Waals surface area contributed by atoms with E-state index in [2.05, 4.69) is 12.2 Å². The van der Waals surface area contributed by atoms with Gasteiger partial charge in [0.25, 0.3) is 0 Å². The zero-order valence-corrected chi connectivity index (χ0v) is 4.75. The summed E-state index contributed by atoms with van der Waals surface area (Å²) in [5, 5.41) is 9.08. The van der Waals surface area contributed by atoms with Crippen molar-refractivity contribution in [3.8, 4) is 0 Å². The molecule has 8 heavy (non-hydrogen) atoms. The molecule has 44 valence electrons. The maximum absolute atomic E-state index is 9.08. The smallest absolute Gasteiger partial charge is 0.0582 e. The second-order valence-electron chi connectivity index (χ2n) is 2.79. The van der Waals surface area contributed by atoms with Crippen LogP contribution in [-0.2, 0) is 0 Å². The minimum Gasteiger partial charge on any atom is -0.393 e. The highest BCUT2D eigenvalue weighted by atomic mass is 16.3. The Kier molecular flexibility index (Phi) is 0.770. The molecule has 1 N–H and O–H groups in total. The Morgan fingerprint density at radius 2 is 2.38 bits per heavy atom. The van der Waals surface area contributed by atoms with E-state index < -0.39 is 0 Å². The number of allylic oxidation sites excluding steroid dienone is 2. The summed E-state index contributed by atoms with van der Waals surface area (Å²) in [5.41, 5.74) is 0. The molecule has 3 atom stereocenters. The van der Waals surface area contributed by atoms with Gasteiger partial charge in [0.05, 0.1) is 6.10 Å². The van der Waals surface area contributed by atoms with E-state index in [0.717, 1.165) is 18.8 Å². The topological polar surface area (TPSA) is 20.2 Å². The fraction of sp³-hybridized carbons (Fsp3) is 0.714. The van der Waals surface area contributed by atoms with E-state index in [9.17, 15) is 0 Å². The van der Waals surface area contributed by atoms with Crippen LogP contribution in [0.5, 0.6) is 0 Å². The van der Waals surface area contributed by atoms with E-state index in [1.807, 2.05) is 0 Å². The third kappa shape index (κ3) is 0.402. The van der Waals surface area contributed by atoms with Gasteiger partial charge in [-0.1, -0.05) is 12.2 Å². The second kappa shape index (κ2) is 1.35. The summed E-state index contributed by atoms with van der Waals surface area (Å²) in [7, 11) is 0. The van der Waals surface area contributed by atoms with Crippen LogP contribution in [0.15, 0.2) is 12.2 Å². The van der Waals surface area contributed by atoms with Crippen LogP contribution in [0.4, 0.5) is 0 Å². The normalized spacial score (nSPS) is 50.9. The lowest BCUT2D eigenvalue weighted by molar-refractivity contribution is -0.00322. The first-order valence-electron chi connectivity index (χ1n) is 3.22. The lowest BCUT2D eigenvalue weighted by atomic mass is 9.73. The van der Waals surface area contributed by atoms with Gasteiger partial charge >= 0.3 is 0 Å². The fourth-order valence-corrected chi connectivity index (χ4v) is 1.68. The van der Waals surface area contributed by atoms with E-state index in [1.54, 1.807) is 0 Å². The highest BCUT2D eigenvalue weighted by molar-refractivity contribution is 5.09. The maximum Gasteiger partial charge on any atom is 0.0582 e. The van der Waals surface area contributed by atoms with Crippen molar-refractivity contribution < 1.29 is 5.11 Å². The van der Waals surface area contributed by atoms with Crippen LogP contribution in [-0.4, -0.2) is 11.2 Å². The molecule has 1 unspecified atom stereocenters. The summed E-state index contributed by atoms with van der Waals surface area (Å²) in [6, 6.07) is 0. The van der Waals surface area contributed by atoms with Crippen LogP contribution in [0.1, 0.15) is 12.8 Å². The number of aliphatic hydroxyl groups excluding tert-OH is 1. The predicted molar refractivity (Wildman–Crippen MR) is 31.4 cm³/mol. The summed E-state index contributed by atoms with van der Waals surface area (Å²) in [4.78, 5) is 0. The summed E-state index contributed by atoms with van der Waals surface area (Å²) in [6.07, 6.45) is 6.57. The second-order valence-corrected chi connectivity index (χ2v) is 2.79. The van der Waals surface area contributed by atoms with Crippen LogP contribution in [0.25, 0.3) is 0 Å². The van der Waals surface area contributed by atoms with E-state index in [1.165, 1.54) is 0 Å². The molecule has 0 heterocycles. The molecule has 0 aromatic heterocycles. The molecule has 1 nitrogen and oxygen atoms in total. The van der Waals surface area contributed by atoms with Gasteiger partial charge in [0.1, 0.15) is 0 Å². The molecule has 0 radical (unpaired) electrons. The Morgan fingerprint density at radius 3 is 2.88 bits per heavy atom. The SMILES string of the molecule is OC1C[C@H]2C=CC[C@@H]12. The average molecular weight is 110 g/mol. The van der Waals surface area contributed by atoms with E-state index in [-0.39, 0.29) is 6.10 Å². The van der Waals surface area contributed by atoms with Crippen molar-refractivity contribution >= 4 is 0 Å². The van der Waals surface area contributed by atoms with Gasteiger partial charge in [-0.15, -0.1) is 0 Å². The van der Waals surface area contributed by atoms with Gasteiger partial charge in [-0.2, -0.15) is 0 Å². The fourth-order valence-electron chi connectivity index (χ4n) is 1.68. The molecule has 0 aliphatic heterocycles. The maximum atomic E-state index is 9.08. The molecule has 1 saturated carbocycles. The van der Waals surface area contributed by atoms with Gasteiger partial charge in [0.15, 0.2) is 0 Å². The average Bonchev–Trinajstić information content (AvgIpc) is 2.09. The Bertz CT molecular complexity index is 128. The largest absolute Gasteiger partial charge is 0.393 e. The summed E-state index contributed by atoms with van der Waals surface area (Å²) in [6.45, 7) is 0. The summed E-state index contributed by atoms with van der Waals surface area (Å²) in [5.74, 6) is 1.35. The Balaban J connectivity index is 2.08. The molecule has 0 spiro atoms. The first kappa shape index (κ1) is 4.57. The lowest BCUT2D eigenvalue weighted by Crippen LogP contribution is -2.37. The molecule has 0 saturated heterocycles. The standard InChI is InChI=1S/C7H10O/c8-7-4-5-2-1-3-6(5)7/h1-2,5-8H,3-4H2/t5-,6-,7?/m1/s1. The van der Waals surface area contributed by atoms with Crippen molar-refractivity contribution in [3.05, 3.63) is 12.2 Å². The third-order valence-corrected chi connectivity index (χ3v) is 2.35. The molecular weight excluding hydrogens is 100 g/mol. The zero-order chi connectivity index (χ0) is 5.56. The van der Waals surface area contributed by atoms with Crippen LogP contribution >= 0.6 is 0 Å². The number of fused-ring (bicyclic) bond motifs is 1. The van der Waals surface area contributed by atoms with Gasteiger partial charge < -0.3 is 5.11 Å². The minimum absolute atomic E-state index is 0.0231. The molecule has 2 aliphatic carbocycles. The number of aliphatic hydroxyl groups is 1. The van der Waals surface area contributed by atoms with Crippen LogP contribution in [0.3, 0.4) is 0 Å². The number of rotatable bonds is 0. The molecule has 0 bridgehead atoms. The summed E-state index contributed by atoms with van der Waals surface area (Å²) >= 11 is 0. The highest BCUT2D eigenvalue weighted by Crippen LogP contribution is 2.42. The van der Waals surface area contributed by atoms with Crippen molar-refractivity contribution in [3.63, 3.8) is 0 Å². The van der Waals surface area contributed by atoms with Gasteiger partial charge in [0, 0.05) is 0 Å². The van der Waals surface area contributed by atoms with Crippen molar-refractivity contribution in [1.82, 2.24) is 0 Å². The minimum atomic E-state index is 0.0231. The highest BCUT2D eigenvalue weighted by Gasteiger charge is 2.39. The van der Waals surface area contributed by atoms with Crippen molar-refractivity contribution in [2.24, 2.45) is 11.8 Å². The molecule has 2 rings (SSSR count). The predicted octanol–water partition coefficient (Wildman–Crippen LogP) is 0.943. The van der Waals surface area contributed by atoms with Gasteiger partial charge in [0.2, 0.25) is 0 Å². The number of hydrogen-bond acceptors (Lipinski definition) is 1. The third-order valence-electron chi connectivity index (χ3n) is 2.35. The quantitative estimate of drug-likeness (QED) is 0.460. The van der Waals surface area contributed by atoms with E-state index >= 15 is 0 Å². The lowest BCUT2D eigenvalue weighted by Gasteiger charge is -2.36. The molecule has 1 fully saturated rings. The molecule has 0 aromatic rings. The monoisotopic (exact) mass is 110 g/mol. The molecular formula is C7H10O. The van der Waals surface area contributed by atoms with Gasteiger partial charge in [-0.25, -0.2) is 0 Å². The molecule has 2 aliphatic rings. The van der Waals surface area contributed by atoms with Crippen molar-refractivity contribution in [1.29, 1.82) is 0 Å². The van der Waals surface area contributed by atoms with Gasteiger partial charge in [-0.05, 0) is 24.7 Å². The van der Waals surface area contributed by atoms with Crippen LogP contribution in [0, 0.1) is 11.8 Å². The Morgan fingerprint density at radius 1 is 1.50 bits per heavy atom. The van der Waals surface area contributed by atoms with Crippen LogP contribution < -0.4 is 0 Å². The molecule has 1 heteroatoms. The Labute approximate surface area is 49.0 Å². The van der Waals surface area contributed by atoms with E-state index in [0.29, 0.717) is 5.92 Å². The first-order valence-corrected chi connectivity index (χ1v) is 3.22.